The molecule has 1 aliphatic heterocycles. The van der Waals surface area contributed by atoms with Crippen molar-refractivity contribution in [2.75, 3.05) is 0 Å². The topological polar surface area (TPSA) is 35.9 Å². The maximum Gasteiger partial charge on any atom is 0.269 e. The average molecular weight is 1070 g/mol. The molecule has 0 fully saturated rings. The Bertz CT molecular complexity index is 4970. The number of aromatic nitrogens is 4. The molecule has 0 radical (unpaired) electrons. The maximum atomic E-state index is 7.00. The summed E-state index contributed by atoms with van der Waals surface area (Å²) in [5, 5.41) is 2.30. The number of hydrogen-bond acceptors (Lipinski definition) is 2. The Morgan fingerprint density at radius 3 is 1.67 bits per heavy atom. The largest absolute Gasteiger partial charge is 0.458 e. The fourth-order valence-corrected chi connectivity index (χ4v) is 16.7. The molecule has 0 saturated heterocycles. The summed E-state index contributed by atoms with van der Waals surface area (Å²) in [6.45, 7) is 17.0. The van der Waals surface area contributed by atoms with Crippen LogP contribution in [-0.2, 0) is 21.7 Å². The standard InChI is InChI=1S/C78H60N4O/c1-74(2,3)50-40-41-79-72(44-50)82-69-39-35-48(49-34-38-66-67(43-49)77(6)65-31-16-15-30-64(65)75(4)62-28-13-14-29-63(62)76(66,5)78(75,77)7)42-61(69)59-37-36-53(46-71(59)82)83-52-21-18-20-51(45-52)80-47-81-68-32-17-12-26-58(68)56-24-10-8-22-54(56)55-23-9-11-25-57(55)60-27-19-33-70(80)73(60)81/h8-46H,1-7H3. The normalized spacial score (nSPS) is 20.4. The smallest absolute Gasteiger partial charge is 0.269 e. The molecule has 4 heterocycles. The van der Waals surface area contributed by atoms with Crippen LogP contribution in [0.4, 0.5) is 0 Å². The first-order valence-corrected chi connectivity index (χ1v) is 29.3. The van der Waals surface area contributed by atoms with Crippen LogP contribution in [0.15, 0.2) is 237 Å². The van der Waals surface area contributed by atoms with Crippen molar-refractivity contribution in [3.8, 4) is 73.2 Å². The lowest BCUT2D eigenvalue weighted by Crippen LogP contribution is -2.51. The Labute approximate surface area is 484 Å². The third-order valence-electron chi connectivity index (χ3n) is 20.9. The molecule has 83 heavy (non-hydrogen) atoms. The second kappa shape index (κ2) is 16.5. The van der Waals surface area contributed by atoms with E-state index < -0.39 is 0 Å². The van der Waals surface area contributed by atoms with E-state index in [1.165, 1.54) is 77.7 Å². The number of benzene rings is 10. The van der Waals surface area contributed by atoms with E-state index in [9.17, 15) is 0 Å². The number of imidazole rings is 1. The Balaban J connectivity index is 0.795. The highest BCUT2D eigenvalue weighted by atomic mass is 16.5. The zero-order chi connectivity index (χ0) is 55.9. The molecule has 0 bridgehead atoms. The van der Waals surface area contributed by atoms with Gasteiger partial charge in [0.05, 0.1) is 33.4 Å². The highest BCUT2D eigenvalue weighted by Gasteiger charge is 2.79. The highest BCUT2D eigenvalue weighted by Crippen LogP contribution is 2.82. The first-order chi connectivity index (χ1) is 40.3. The van der Waals surface area contributed by atoms with Crippen LogP contribution >= 0.6 is 0 Å². The number of pyridine rings is 1. The Morgan fingerprint density at radius 1 is 0.434 bits per heavy atom. The van der Waals surface area contributed by atoms with Crippen LogP contribution < -0.4 is 9.30 Å². The Kier molecular flexibility index (Phi) is 9.60. The van der Waals surface area contributed by atoms with Gasteiger partial charge in [0.2, 0.25) is 0 Å². The molecule has 0 saturated carbocycles. The molecular weight excluding hydrogens is 1010 g/mol. The molecular formula is C78H60N4O. The summed E-state index contributed by atoms with van der Waals surface area (Å²) in [6, 6.07) is 85.3. The molecule has 5 heteroatoms. The second-order valence-corrected chi connectivity index (χ2v) is 25.4. The van der Waals surface area contributed by atoms with E-state index in [0.717, 1.165) is 67.3 Å². The van der Waals surface area contributed by atoms with Gasteiger partial charge in [-0.25, -0.2) is 4.98 Å². The summed E-state index contributed by atoms with van der Waals surface area (Å²) in [7, 11) is 0. The summed E-state index contributed by atoms with van der Waals surface area (Å²) < 4.78 is 13.8. The van der Waals surface area contributed by atoms with Crippen LogP contribution in [0.1, 0.15) is 87.4 Å². The van der Waals surface area contributed by atoms with Crippen molar-refractivity contribution in [1.29, 1.82) is 0 Å². The lowest BCUT2D eigenvalue weighted by atomic mass is 9.52. The van der Waals surface area contributed by atoms with E-state index in [-0.39, 0.29) is 27.1 Å². The number of fused-ring (bicyclic) bond motifs is 19. The summed E-state index contributed by atoms with van der Waals surface area (Å²) in [4.78, 5) is 5.10. The van der Waals surface area contributed by atoms with Crippen LogP contribution in [-0.4, -0.2) is 14.1 Å². The second-order valence-electron chi connectivity index (χ2n) is 25.4. The number of ether oxygens (including phenoxy) is 1. The third kappa shape index (κ3) is 6.06. The van der Waals surface area contributed by atoms with Crippen molar-refractivity contribution in [3.63, 3.8) is 0 Å². The van der Waals surface area contributed by atoms with Crippen molar-refractivity contribution in [2.45, 2.75) is 70.1 Å². The molecule has 4 aliphatic rings. The molecule has 0 amide bonds. The van der Waals surface area contributed by atoms with Crippen LogP contribution in [0.25, 0.3) is 94.5 Å². The molecule has 4 unspecified atom stereocenters. The molecule has 3 aliphatic carbocycles. The molecule has 4 atom stereocenters. The fraction of sp³-hybridized carbons (Fsp3) is 0.154. The van der Waals surface area contributed by atoms with Gasteiger partial charge in [0.25, 0.3) is 6.33 Å². The van der Waals surface area contributed by atoms with Crippen LogP contribution in [0.2, 0.25) is 0 Å². The quantitative estimate of drug-likeness (QED) is 0.127. The molecule has 0 spiro atoms. The van der Waals surface area contributed by atoms with Gasteiger partial charge < -0.3 is 4.74 Å². The highest BCUT2D eigenvalue weighted by molar-refractivity contribution is 6.11. The minimum atomic E-state index is -0.227. The summed E-state index contributed by atoms with van der Waals surface area (Å²) in [5.74, 6) is 2.34. The van der Waals surface area contributed by atoms with E-state index in [1.54, 1.807) is 0 Å². The van der Waals surface area contributed by atoms with Crippen LogP contribution in [0.5, 0.6) is 11.5 Å². The first kappa shape index (κ1) is 48.2. The third-order valence-corrected chi connectivity index (χ3v) is 20.9. The van der Waals surface area contributed by atoms with Gasteiger partial charge in [0.15, 0.2) is 0 Å². The van der Waals surface area contributed by atoms with Gasteiger partial charge in [-0.2, -0.15) is 0 Å². The van der Waals surface area contributed by atoms with Crippen molar-refractivity contribution in [3.05, 3.63) is 282 Å². The number of nitrogens with zero attached hydrogens (tertiary/aromatic N) is 4. The Morgan fingerprint density at radius 2 is 0.988 bits per heavy atom. The van der Waals surface area contributed by atoms with E-state index in [0.29, 0.717) is 0 Å². The predicted octanol–water partition coefficient (Wildman–Crippen LogP) is 18.5. The van der Waals surface area contributed by atoms with E-state index in [2.05, 4.69) is 293 Å². The first-order valence-electron chi connectivity index (χ1n) is 29.3. The fourth-order valence-electron chi connectivity index (χ4n) is 16.7. The molecule has 10 aromatic carbocycles. The maximum absolute atomic E-state index is 7.00. The zero-order valence-corrected chi connectivity index (χ0v) is 47.7. The van der Waals surface area contributed by atoms with Crippen molar-refractivity contribution < 1.29 is 9.30 Å². The van der Waals surface area contributed by atoms with Crippen molar-refractivity contribution in [2.24, 2.45) is 5.41 Å². The lowest BCUT2D eigenvalue weighted by molar-refractivity contribution is -0.571. The minimum absolute atomic E-state index is 0.0722. The van der Waals surface area contributed by atoms with Gasteiger partial charge in [0.1, 0.15) is 17.3 Å². The zero-order valence-electron chi connectivity index (χ0n) is 47.7. The van der Waals surface area contributed by atoms with Gasteiger partial charge in [0, 0.05) is 44.7 Å². The summed E-state index contributed by atoms with van der Waals surface area (Å²) in [5.41, 5.74) is 25.0. The van der Waals surface area contributed by atoms with E-state index >= 15 is 0 Å². The summed E-state index contributed by atoms with van der Waals surface area (Å²) in [6.07, 6.45) is 5.81. The van der Waals surface area contributed by atoms with Gasteiger partial charge >= 0.3 is 0 Å². The molecule has 398 valence electrons. The number of para-hydroxylation sites is 2. The van der Waals surface area contributed by atoms with Gasteiger partial charge in [-0.3, -0.25) is 13.7 Å². The van der Waals surface area contributed by atoms with Gasteiger partial charge in [-0.05, 0) is 156 Å². The van der Waals surface area contributed by atoms with Crippen LogP contribution in [0.3, 0.4) is 0 Å². The van der Waals surface area contributed by atoms with Gasteiger partial charge in [-0.1, -0.05) is 206 Å². The molecule has 13 aromatic rings. The van der Waals surface area contributed by atoms with E-state index in [4.69, 9.17) is 9.72 Å². The molecule has 17 rings (SSSR count). The van der Waals surface area contributed by atoms with E-state index in [1.807, 2.05) is 12.3 Å². The average Bonchev–Trinajstić information content (AvgIpc) is 1.47. The molecule has 3 aromatic heterocycles. The molecule has 5 nitrogen and oxygen atoms in total. The van der Waals surface area contributed by atoms with Crippen LogP contribution in [0, 0.1) is 11.7 Å². The SMILES string of the molecule is CC(C)(C)c1ccnc(-n2c3ccc(-c4ccc5c(c4)C4(C)c6ccccc6C6(C)c7ccccc7C5(C)C64C)cc3c3ccc(Oc4cccc(-n5[c-][n+]6c7c(cccc75)-c5ccccc5-c5ccccc5-c5ccccc5-6)c4)cc32)c1. The predicted molar refractivity (Wildman–Crippen MR) is 337 cm³/mol. The number of hydrogen-bond donors (Lipinski definition) is 0. The lowest BCUT2D eigenvalue weighted by Gasteiger charge is -2.49. The minimum Gasteiger partial charge on any atom is -0.458 e. The summed E-state index contributed by atoms with van der Waals surface area (Å²) >= 11 is 0. The molecule has 0 N–H and O–H groups in total. The number of rotatable bonds is 5. The monoisotopic (exact) mass is 1070 g/mol. The van der Waals surface area contributed by atoms with Gasteiger partial charge in [-0.15, -0.1) is 0 Å². The van der Waals surface area contributed by atoms with Crippen molar-refractivity contribution in [1.82, 2.24) is 14.1 Å². The Hall–Kier alpha value is -9.58. The van der Waals surface area contributed by atoms with Crippen molar-refractivity contribution >= 4 is 32.8 Å².